The maximum atomic E-state index is 12.0. The molecule has 2 N–H and O–H groups in total. The third-order valence-electron chi connectivity index (χ3n) is 2.64. The lowest BCUT2D eigenvalue weighted by Crippen LogP contribution is -2.34. The van der Waals surface area contributed by atoms with Crippen LogP contribution in [0.3, 0.4) is 0 Å². The minimum absolute atomic E-state index is 0.0349. The fraction of sp³-hybridized carbons (Fsp3) is 0.357. The molecule has 0 aliphatic rings. The van der Waals surface area contributed by atoms with E-state index in [0.717, 1.165) is 6.42 Å². The van der Waals surface area contributed by atoms with Crippen LogP contribution in [0.4, 0.5) is 0 Å². The molecule has 1 amide bonds. The van der Waals surface area contributed by atoms with E-state index in [4.69, 9.17) is 5.26 Å². The number of nitrogens with one attached hydrogen (secondary N) is 2. The van der Waals surface area contributed by atoms with Gasteiger partial charge in [-0.3, -0.25) is 9.59 Å². The first-order valence-corrected chi connectivity index (χ1v) is 8.30. The molecule has 0 bridgehead atoms. The summed E-state index contributed by atoms with van der Waals surface area (Å²) in [6, 6.07) is 7.36. The van der Waals surface area contributed by atoms with Crippen molar-refractivity contribution in [2.24, 2.45) is 0 Å². The molecule has 1 rings (SSSR count). The van der Waals surface area contributed by atoms with Crippen molar-refractivity contribution in [2.45, 2.75) is 18.2 Å². The van der Waals surface area contributed by atoms with E-state index in [9.17, 15) is 18.0 Å². The van der Waals surface area contributed by atoms with Crippen LogP contribution in [0.2, 0.25) is 0 Å². The zero-order chi connectivity index (χ0) is 17.3. The van der Waals surface area contributed by atoms with Gasteiger partial charge in [0.1, 0.15) is 12.6 Å². The van der Waals surface area contributed by atoms with E-state index in [1.54, 1.807) is 6.07 Å². The van der Waals surface area contributed by atoms with Crippen molar-refractivity contribution >= 4 is 21.9 Å². The average molecular weight is 339 g/mol. The van der Waals surface area contributed by atoms with Crippen molar-refractivity contribution in [1.82, 2.24) is 10.0 Å². The molecular formula is C14H17N3O5S. The highest BCUT2D eigenvalue weighted by Gasteiger charge is 2.19. The van der Waals surface area contributed by atoms with Crippen LogP contribution < -0.4 is 10.0 Å². The molecule has 0 spiro atoms. The second-order valence-corrected chi connectivity index (χ2v) is 6.18. The van der Waals surface area contributed by atoms with Gasteiger partial charge in [-0.15, -0.1) is 0 Å². The minimum Gasteiger partial charge on any atom is -0.455 e. The van der Waals surface area contributed by atoms with Gasteiger partial charge in [0.15, 0.2) is 6.61 Å². The van der Waals surface area contributed by atoms with Gasteiger partial charge in [0, 0.05) is 6.54 Å². The highest BCUT2D eigenvalue weighted by molar-refractivity contribution is 7.89. The molecule has 1 aromatic carbocycles. The molecule has 8 nitrogen and oxygen atoms in total. The summed E-state index contributed by atoms with van der Waals surface area (Å²) in [5, 5.41) is 11.4. The van der Waals surface area contributed by atoms with E-state index < -0.39 is 35.1 Å². The molecule has 0 saturated heterocycles. The number of rotatable bonds is 8. The van der Waals surface area contributed by atoms with Crippen molar-refractivity contribution < 1.29 is 22.7 Å². The van der Waals surface area contributed by atoms with E-state index in [0.29, 0.717) is 6.54 Å². The predicted octanol–water partition coefficient (Wildman–Crippen LogP) is -0.0940. The molecule has 23 heavy (non-hydrogen) atoms. The summed E-state index contributed by atoms with van der Waals surface area (Å²) >= 11 is 0. The summed E-state index contributed by atoms with van der Waals surface area (Å²) in [6.45, 7) is 1.23. The van der Waals surface area contributed by atoms with Gasteiger partial charge < -0.3 is 10.1 Å². The quantitative estimate of drug-likeness (QED) is 0.637. The second-order valence-electron chi connectivity index (χ2n) is 4.44. The highest BCUT2D eigenvalue weighted by atomic mass is 32.2. The summed E-state index contributed by atoms with van der Waals surface area (Å²) in [6.07, 6.45) is 0.748. The number of sulfonamides is 1. The summed E-state index contributed by atoms with van der Waals surface area (Å²) in [5.41, 5.74) is -0.0349. The Balaban J connectivity index is 2.55. The summed E-state index contributed by atoms with van der Waals surface area (Å²) in [4.78, 5) is 22.5. The second kappa shape index (κ2) is 8.87. The molecular weight excluding hydrogens is 322 g/mol. The van der Waals surface area contributed by atoms with E-state index in [2.05, 4.69) is 10.1 Å². The normalized spacial score (nSPS) is 10.6. The number of carbonyl (C=O) groups is 2. The molecule has 0 fully saturated rings. The lowest BCUT2D eigenvalue weighted by atomic mass is 10.2. The van der Waals surface area contributed by atoms with Gasteiger partial charge in [-0.05, 0) is 18.6 Å². The molecule has 0 aromatic heterocycles. The smallest absolute Gasteiger partial charge is 0.321 e. The van der Waals surface area contributed by atoms with Crippen molar-refractivity contribution in [3.8, 4) is 6.07 Å². The van der Waals surface area contributed by atoms with Crippen molar-refractivity contribution in [3.05, 3.63) is 29.8 Å². The van der Waals surface area contributed by atoms with Gasteiger partial charge in [-0.1, -0.05) is 19.1 Å². The standard InChI is InChI=1S/C14H17N3O5S/c1-2-7-16-13(18)10-22-14(19)9-17-23(20,21)12-6-4-3-5-11(12)8-15/h3-6,17H,2,7,9-10H2,1H3,(H,16,18). The number of carbonyl (C=O) groups excluding carboxylic acids is 2. The largest absolute Gasteiger partial charge is 0.455 e. The number of hydrogen-bond acceptors (Lipinski definition) is 6. The summed E-state index contributed by atoms with van der Waals surface area (Å²) < 4.78 is 30.8. The van der Waals surface area contributed by atoms with Crippen LogP contribution in [0.1, 0.15) is 18.9 Å². The Morgan fingerprint density at radius 2 is 2.00 bits per heavy atom. The number of benzene rings is 1. The molecule has 0 aliphatic carbocycles. The minimum atomic E-state index is -4.02. The molecule has 0 aliphatic heterocycles. The number of nitriles is 1. The van der Waals surface area contributed by atoms with Gasteiger partial charge in [0.2, 0.25) is 10.0 Å². The lowest BCUT2D eigenvalue weighted by Gasteiger charge is -2.08. The van der Waals surface area contributed by atoms with Crippen LogP contribution >= 0.6 is 0 Å². The van der Waals surface area contributed by atoms with Gasteiger partial charge in [0.25, 0.3) is 5.91 Å². The molecule has 0 saturated carbocycles. The Hall–Kier alpha value is -2.44. The predicted molar refractivity (Wildman–Crippen MR) is 80.6 cm³/mol. The molecule has 124 valence electrons. The van der Waals surface area contributed by atoms with Crippen LogP contribution in [-0.2, 0) is 24.3 Å². The fourth-order valence-corrected chi connectivity index (χ4v) is 2.66. The van der Waals surface area contributed by atoms with Gasteiger partial charge in [0.05, 0.1) is 10.5 Å². The summed E-state index contributed by atoms with van der Waals surface area (Å²) in [7, 11) is -4.02. The third kappa shape index (κ3) is 6.06. The Morgan fingerprint density at radius 1 is 1.30 bits per heavy atom. The van der Waals surface area contributed by atoms with Gasteiger partial charge >= 0.3 is 5.97 Å². The number of nitrogens with zero attached hydrogens (tertiary/aromatic N) is 1. The van der Waals surface area contributed by atoms with Crippen LogP contribution in [0.25, 0.3) is 0 Å². The first-order chi connectivity index (χ1) is 10.9. The van der Waals surface area contributed by atoms with Crippen LogP contribution in [-0.4, -0.2) is 40.0 Å². The van der Waals surface area contributed by atoms with E-state index in [1.165, 1.54) is 24.3 Å². The molecule has 0 radical (unpaired) electrons. The zero-order valence-corrected chi connectivity index (χ0v) is 13.4. The Morgan fingerprint density at radius 3 is 2.65 bits per heavy atom. The number of esters is 1. The monoisotopic (exact) mass is 339 g/mol. The molecule has 0 unspecified atom stereocenters. The Bertz CT molecular complexity index is 709. The van der Waals surface area contributed by atoms with Gasteiger partial charge in [-0.25, -0.2) is 8.42 Å². The van der Waals surface area contributed by atoms with E-state index >= 15 is 0 Å². The number of ether oxygens (including phenoxy) is 1. The maximum absolute atomic E-state index is 12.0. The van der Waals surface area contributed by atoms with Gasteiger partial charge in [-0.2, -0.15) is 9.98 Å². The fourth-order valence-electron chi connectivity index (χ4n) is 1.54. The molecule has 1 aromatic rings. The van der Waals surface area contributed by atoms with Crippen LogP contribution in [0, 0.1) is 11.3 Å². The molecule has 0 atom stereocenters. The Labute approximate surface area is 134 Å². The average Bonchev–Trinajstić information content (AvgIpc) is 2.56. The maximum Gasteiger partial charge on any atom is 0.321 e. The highest BCUT2D eigenvalue weighted by Crippen LogP contribution is 2.13. The summed E-state index contributed by atoms with van der Waals surface area (Å²) in [5.74, 6) is -1.35. The van der Waals surface area contributed by atoms with E-state index in [1.807, 2.05) is 11.6 Å². The van der Waals surface area contributed by atoms with Crippen molar-refractivity contribution in [1.29, 1.82) is 5.26 Å². The third-order valence-corrected chi connectivity index (χ3v) is 4.10. The molecule has 0 heterocycles. The number of hydrogen-bond donors (Lipinski definition) is 2. The van der Waals surface area contributed by atoms with Crippen molar-refractivity contribution in [2.75, 3.05) is 19.7 Å². The SMILES string of the molecule is CCCNC(=O)COC(=O)CNS(=O)(=O)c1ccccc1C#N. The first kappa shape index (κ1) is 18.6. The first-order valence-electron chi connectivity index (χ1n) is 6.81. The van der Waals surface area contributed by atoms with E-state index in [-0.39, 0.29) is 10.5 Å². The lowest BCUT2D eigenvalue weighted by molar-refractivity contribution is -0.147. The van der Waals surface area contributed by atoms with Crippen molar-refractivity contribution in [3.63, 3.8) is 0 Å². The van der Waals surface area contributed by atoms with Crippen LogP contribution in [0.15, 0.2) is 29.2 Å². The van der Waals surface area contributed by atoms with Crippen LogP contribution in [0.5, 0.6) is 0 Å². The zero-order valence-electron chi connectivity index (χ0n) is 12.5. The Kier molecular flexibility index (Phi) is 7.18. The number of amides is 1. The topological polar surface area (TPSA) is 125 Å². The molecule has 9 heteroatoms.